The summed E-state index contributed by atoms with van der Waals surface area (Å²) < 4.78 is 13.0. The Morgan fingerprint density at radius 1 is 1.13 bits per heavy atom. The van der Waals surface area contributed by atoms with Crippen molar-refractivity contribution in [3.63, 3.8) is 0 Å². The Morgan fingerprint density at radius 3 is 2.47 bits per heavy atom. The molecule has 0 amide bonds. The third-order valence-electron chi connectivity index (χ3n) is 1.81. The number of hydrogen-bond acceptors (Lipinski definition) is 5. The van der Waals surface area contributed by atoms with E-state index in [-0.39, 0.29) is 11.4 Å². The van der Waals surface area contributed by atoms with Gasteiger partial charge in [-0.15, -0.1) is 20.4 Å². The summed E-state index contributed by atoms with van der Waals surface area (Å²) in [7, 11) is 0. The van der Waals surface area contributed by atoms with Crippen LogP contribution in [0.3, 0.4) is 0 Å². The van der Waals surface area contributed by atoms with E-state index in [0.29, 0.717) is 5.82 Å². The van der Waals surface area contributed by atoms with Crippen molar-refractivity contribution in [3.05, 3.63) is 29.8 Å². The van der Waals surface area contributed by atoms with Gasteiger partial charge in [-0.3, -0.25) is 0 Å². The van der Waals surface area contributed by atoms with Crippen molar-refractivity contribution in [1.29, 1.82) is 0 Å². The molecule has 2 aromatic rings. The van der Waals surface area contributed by atoms with Gasteiger partial charge in [0.1, 0.15) is 0 Å². The molecule has 0 spiro atoms. The van der Waals surface area contributed by atoms with Crippen molar-refractivity contribution in [2.45, 2.75) is 6.92 Å². The van der Waals surface area contributed by atoms with E-state index in [9.17, 15) is 9.50 Å². The summed E-state index contributed by atoms with van der Waals surface area (Å²) in [5, 5.41) is 24.1. The second-order valence-electron chi connectivity index (χ2n) is 2.91. The minimum Gasteiger partial charge on any atom is -0.504 e. The largest absolute Gasteiger partial charge is 0.504 e. The first-order chi connectivity index (χ1) is 7.18. The van der Waals surface area contributed by atoms with Crippen LogP contribution >= 0.6 is 0 Å². The molecule has 0 aliphatic heterocycles. The van der Waals surface area contributed by atoms with Crippen molar-refractivity contribution < 1.29 is 9.50 Å². The first-order valence-electron chi connectivity index (χ1n) is 4.20. The van der Waals surface area contributed by atoms with E-state index in [2.05, 4.69) is 20.4 Å². The first kappa shape index (κ1) is 9.45. The maximum Gasteiger partial charge on any atom is 0.207 e. The average Bonchev–Trinajstić information content (AvgIpc) is 2.24. The smallest absolute Gasteiger partial charge is 0.207 e. The summed E-state index contributed by atoms with van der Waals surface area (Å²) in [6.07, 6.45) is 0. The zero-order valence-electron chi connectivity index (χ0n) is 7.85. The molecule has 1 aromatic carbocycles. The third-order valence-corrected chi connectivity index (χ3v) is 1.81. The SMILES string of the molecule is Cc1nnc(-c2cccc(F)c2O)nn1. The van der Waals surface area contributed by atoms with E-state index in [1.54, 1.807) is 6.92 Å². The Labute approximate surface area is 84.6 Å². The van der Waals surface area contributed by atoms with Crippen LogP contribution in [0, 0.1) is 12.7 Å². The minimum absolute atomic E-state index is 0.0950. The van der Waals surface area contributed by atoms with Crippen molar-refractivity contribution in [1.82, 2.24) is 20.4 Å². The van der Waals surface area contributed by atoms with Crippen LogP contribution in [0.5, 0.6) is 5.75 Å². The lowest BCUT2D eigenvalue weighted by atomic mass is 10.2. The fraction of sp³-hybridized carbons (Fsp3) is 0.111. The van der Waals surface area contributed by atoms with Gasteiger partial charge < -0.3 is 5.11 Å². The van der Waals surface area contributed by atoms with Crippen molar-refractivity contribution in [2.24, 2.45) is 0 Å². The van der Waals surface area contributed by atoms with Gasteiger partial charge in [-0.05, 0) is 19.1 Å². The maximum absolute atomic E-state index is 13.0. The molecule has 0 aliphatic rings. The van der Waals surface area contributed by atoms with Crippen molar-refractivity contribution in [3.8, 4) is 17.1 Å². The van der Waals surface area contributed by atoms with E-state index in [1.807, 2.05) is 0 Å². The minimum atomic E-state index is -0.725. The molecular formula is C9H7FN4O. The number of benzene rings is 1. The predicted octanol–water partition coefficient (Wildman–Crippen LogP) is 1.09. The molecule has 0 saturated heterocycles. The number of phenolic OH excluding ortho intramolecular Hbond substituents is 1. The van der Waals surface area contributed by atoms with Crippen LogP contribution in [0.15, 0.2) is 18.2 Å². The van der Waals surface area contributed by atoms with Crippen LogP contribution < -0.4 is 0 Å². The van der Waals surface area contributed by atoms with Crippen LogP contribution in [0.1, 0.15) is 5.82 Å². The number of rotatable bonds is 1. The number of halogens is 1. The molecule has 6 heteroatoms. The molecule has 0 atom stereocenters. The van der Waals surface area contributed by atoms with Crippen molar-refractivity contribution >= 4 is 0 Å². The van der Waals surface area contributed by atoms with Gasteiger partial charge in [0.2, 0.25) is 5.82 Å². The fourth-order valence-corrected chi connectivity index (χ4v) is 1.08. The van der Waals surface area contributed by atoms with E-state index < -0.39 is 11.6 Å². The zero-order valence-corrected chi connectivity index (χ0v) is 7.85. The van der Waals surface area contributed by atoms with Crippen molar-refractivity contribution in [2.75, 3.05) is 0 Å². The van der Waals surface area contributed by atoms with E-state index >= 15 is 0 Å². The third kappa shape index (κ3) is 1.74. The Bertz CT molecular complexity index is 486. The molecule has 15 heavy (non-hydrogen) atoms. The van der Waals surface area contributed by atoms with Gasteiger partial charge in [-0.1, -0.05) is 6.07 Å². The van der Waals surface area contributed by atoms with Crippen LogP contribution in [0.4, 0.5) is 4.39 Å². The average molecular weight is 206 g/mol. The Hall–Kier alpha value is -2.11. The van der Waals surface area contributed by atoms with Gasteiger partial charge >= 0.3 is 0 Å². The first-order valence-corrected chi connectivity index (χ1v) is 4.20. The van der Waals surface area contributed by atoms with Gasteiger partial charge in [0, 0.05) is 0 Å². The molecular weight excluding hydrogens is 199 g/mol. The highest BCUT2D eigenvalue weighted by Crippen LogP contribution is 2.27. The van der Waals surface area contributed by atoms with Crippen LogP contribution in [0.25, 0.3) is 11.4 Å². The molecule has 1 N–H and O–H groups in total. The van der Waals surface area contributed by atoms with Gasteiger partial charge in [0.25, 0.3) is 0 Å². The Morgan fingerprint density at radius 2 is 1.80 bits per heavy atom. The highest BCUT2D eigenvalue weighted by molar-refractivity contribution is 5.62. The predicted molar refractivity (Wildman–Crippen MR) is 49.4 cm³/mol. The summed E-state index contributed by atoms with van der Waals surface area (Å²) in [5.41, 5.74) is 0.176. The van der Waals surface area contributed by atoms with Gasteiger partial charge in [0.15, 0.2) is 17.4 Å². The fourth-order valence-electron chi connectivity index (χ4n) is 1.08. The van der Waals surface area contributed by atoms with Gasteiger partial charge in [-0.2, -0.15) is 0 Å². The standard InChI is InChI=1S/C9H7FN4O/c1-5-11-13-9(14-12-5)6-3-2-4-7(10)8(6)15/h2-4,15H,1H3. The summed E-state index contributed by atoms with van der Waals surface area (Å²) >= 11 is 0. The van der Waals surface area contributed by atoms with E-state index in [1.165, 1.54) is 12.1 Å². The van der Waals surface area contributed by atoms with Gasteiger partial charge in [0.05, 0.1) is 5.56 Å². The van der Waals surface area contributed by atoms with E-state index in [0.717, 1.165) is 6.07 Å². The molecule has 76 valence electrons. The quantitative estimate of drug-likeness (QED) is 0.756. The molecule has 0 radical (unpaired) electrons. The topological polar surface area (TPSA) is 71.8 Å². The highest BCUT2D eigenvalue weighted by Gasteiger charge is 2.11. The second-order valence-corrected chi connectivity index (χ2v) is 2.91. The number of aromatic hydroxyl groups is 1. The lowest BCUT2D eigenvalue weighted by Crippen LogP contribution is -1.99. The number of hydrogen-bond donors (Lipinski definition) is 1. The van der Waals surface area contributed by atoms with Crippen LogP contribution in [0.2, 0.25) is 0 Å². The Balaban J connectivity index is 2.54. The maximum atomic E-state index is 13.0. The second kappa shape index (κ2) is 3.56. The molecule has 1 heterocycles. The molecule has 0 unspecified atom stereocenters. The summed E-state index contributed by atoms with van der Waals surface area (Å²) in [6, 6.07) is 4.09. The molecule has 5 nitrogen and oxygen atoms in total. The zero-order chi connectivity index (χ0) is 10.8. The number of aromatic nitrogens is 4. The molecule has 0 saturated carbocycles. The molecule has 0 bridgehead atoms. The summed E-state index contributed by atoms with van der Waals surface area (Å²) in [5.74, 6) is -0.714. The monoisotopic (exact) mass is 206 g/mol. The number of aryl methyl sites for hydroxylation is 1. The Kier molecular flexibility index (Phi) is 2.24. The lowest BCUT2D eigenvalue weighted by molar-refractivity contribution is 0.434. The molecule has 0 fully saturated rings. The summed E-state index contributed by atoms with van der Waals surface area (Å²) in [6.45, 7) is 1.63. The number of phenols is 1. The lowest BCUT2D eigenvalue weighted by Gasteiger charge is -2.01. The molecule has 2 rings (SSSR count). The highest BCUT2D eigenvalue weighted by atomic mass is 19.1. The normalized spacial score (nSPS) is 10.3. The van der Waals surface area contributed by atoms with E-state index in [4.69, 9.17) is 0 Å². The van der Waals surface area contributed by atoms with Crippen LogP contribution in [-0.2, 0) is 0 Å². The summed E-state index contributed by atoms with van der Waals surface area (Å²) in [4.78, 5) is 0. The molecule has 1 aromatic heterocycles. The van der Waals surface area contributed by atoms with Crippen LogP contribution in [-0.4, -0.2) is 25.5 Å². The molecule has 0 aliphatic carbocycles. The number of para-hydroxylation sites is 1. The number of nitrogens with zero attached hydrogens (tertiary/aromatic N) is 4. The van der Waals surface area contributed by atoms with Gasteiger partial charge in [-0.25, -0.2) is 4.39 Å².